The fourth-order valence-corrected chi connectivity index (χ4v) is 6.50. The van der Waals surface area contributed by atoms with Crippen molar-refractivity contribution in [3.05, 3.63) is 95.4 Å². The lowest BCUT2D eigenvalue weighted by Crippen LogP contribution is -2.49. The zero-order valence-corrected chi connectivity index (χ0v) is 24.4. The summed E-state index contributed by atoms with van der Waals surface area (Å²) >= 11 is 1.57. The van der Waals surface area contributed by atoms with Gasteiger partial charge in [-0.05, 0) is 29.8 Å². The fourth-order valence-electron chi connectivity index (χ4n) is 5.37. The van der Waals surface area contributed by atoms with Gasteiger partial charge in [-0.25, -0.2) is 4.98 Å². The second-order valence-electron chi connectivity index (χ2n) is 10.5. The van der Waals surface area contributed by atoms with E-state index in [-0.39, 0.29) is 18.2 Å². The average Bonchev–Trinajstić information content (AvgIpc) is 3.47. The maximum absolute atomic E-state index is 13.1. The maximum atomic E-state index is 13.1. The van der Waals surface area contributed by atoms with Crippen molar-refractivity contribution in [3.8, 4) is 11.3 Å². The number of anilines is 3. The summed E-state index contributed by atoms with van der Waals surface area (Å²) in [5.41, 5.74) is 4.72. The molecule has 2 aliphatic heterocycles. The van der Waals surface area contributed by atoms with Gasteiger partial charge in [-0.1, -0.05) is 60.7 Å². The molecule has 0 saturated carbocycles. The molecular weight excluding hydrogens is 546 g/mol. The van der Waals surface area contributed by atoms with E-state index >= 15 is 0 Å². The van der Waals surface area contributed by atoms with Crippen molar-refractivity contribution in [3.63, 3.8) is 0 Å². The molecule has 3 aromatic carbocycles. The first-order valence-electron chi connectivity index (χ1n) is 14.5. The van der Waals surface area contributed by atoms with Crippen LogP contribution in [0.2, 0.25) is 0 Å². The fraction of sp³-hybridized carbons (Fsp3) is 0.303. The number of aromatic nitrogens is 1. The highest BCUT2D eigenvalue weighted by atomic mass is 32.1. The molecule has 2 fully saturated rings. The first-order valence-corrected chi connectivity index (χ1v) is 15.3. The van der Waals surface area contributed by atoms with Crippen molar-refractivity contribution >= 4 is 39.7 Å². The molecule has 0 unspecified atom stereocenters. The number of hydrogen-bond donors (Lipinski definition) is 1. The van der Waals surface area contributed by atoms with Crippen LogP contribution < -0.4 is 15.1 Å². The van der Waals surface area contributed by atoms with Crippen molar-refractivity contribution in [1.82, 2.24) is 9.88 Å². The van der Waals surface area contributed by atoms with Gasteiger partial charge in [0, 0.05) is 61.1 Å². The lowest BCUT2D eigenvalue weighted by atomic mass is 10.1. The van der Waals surface area contributed by atoms with Crippen molar-refractivity contribution < 1.29 is 14.3 Å². The van der Waals surface area contributed by atoms with Crippen LogP contribution in [0.15, 0.2) is 84.9 Å². The number of nitrogens with zero attached hydrogens (tertiary/aromatic N) is 4. The number of nitrogens with one attached hydrogen (secondary N) is 1. The molecule has 9 heteroatoms. The van der Waals surface area contributed by atoms with E-state index in [1.807, 2.05) is 77.7 Å². The number of carbonyl (C=O) groups excluding carboxylic acids is 2. The predicted octanol–water partition coefficient (Wildman–Crippen LogP) is 4.72. The standard InChI is InChI=1S/C33H35N5O3S/c39-30(24-29-32(26-7-3-1-4-8-26)35-33(42-29)38-19-21-41-22-20-38)34-27-13-11-25(12-14-27)23-31(40)37-17-15-36(16-18-37)28-9-5-2-6-10-28/h1-14H,15-24H2,(H,34,39). The van der Waals surface area contributed by atoms with Gasteiger partial charge in [0.05, 0.1) is 31.7 Å². The minimum atomic E-state index is -0.0931. The van der Waals surface area contributed by atoms with Gasteiger partial charge >= 0.3 is 0 Å². The number of amides is 2. The maximum Gasteiger partial charge on any atom is 0.229 e. The Morgan fingerprint density at radius 1 is 0.762 bits per heavy atom. The lowest BCUT2D eigenvalue weighted by molar-refractivity contribution is -0.130. The van der Waals surface area contributed by atoms with Gasteiger partial charge in [0.15, 0.2) is 5.13 Å². The Kier molecular flexibility index (Phi) is 8.77. The van der Waals surface area contributed by atoms with E-state index in [2.05, 4.69) is 27.2 Å². The van der Waals surface area contributed by atoms with Crippen molar-refractivity contribution in [1.29, 1.82) is 0 Å². The van der Waals surface area contributed by atoms with Crippen molar-refractivity contribution in [2.45, 2.75) is 12.8 Å². The molecule has 2 aliphatic rings. The minimum Gasteiger partial charge on any atom is -0.378 e. The molecule has 8 nitrogen and oxygen atoms in total. The molecule has 0 atom stereocenters. The third-order valence-corrected chi connectivity index (χ3v) is 8.80. The van der Waals surface area contributed by atoms with E-state index in [0.717, 1.165) is 66.1 Å². The van der Waals surface area contributed by atoms with E-state index in [9.17, 15) is 9.59 Å². The van der Waals surface area contributed by atoms with Gasteiger partial charge in [0.25, 0.3) is 0 Å². The predicted molar refractivity (Wildman–Crippen MR) is 168 cm³/mol. The number of ether oxygens (including phenoxy) is 1. The molecule has 0 bridgehead atoms. The number of benzene rings is 3. The number of rotatable bonds is 8. The van der Waals surface area contributed by atoms with Gasteiger partial charge in [0.2, 0.25) is 11.8 Å². The largest absolute Gasteiger partial charge is 0.378 e. The van der Waals surface area contributed by atoms with Crippen LogP contribution in [0.4, 0.5) is 16.5 Å². The van der Waals surface area contributed by atoms with E-state index in [1.165, 1.54) is 5.69 Å². The summed E-state index contributed by atoms with van der Waals surface area (Å²) in [5.74, 6) is 0.0404. The third kappa shape index (κ3) is 6.80. The van der Waals surface area contributed by atoms with E-state index in [0.29, 0.717) is 25.3 Å². The Morgan fingerprint density at radius 3 is 2.12 bits per heavy atom. The zero-order valence-electron chi connectivity index (χ0n) is 23.6. The molecule has 1 aromatic heterocycles. The molecule has 1 N–H and O–H groups in total. The molecule has 0 aliphatic carbocycles. The van der Waals surface area contributed by atoms with Crippen LogP contribution in [0.3, 0.4) is 0 Å². The Labute approximate surface area is 250 Å². The molecule has 3 heterocycles. The highest BCUT2D eigenvalue weighted by Gasteiger charge is 2.23. The summed E-state index contributed by atoms with van der Waals surface area (Å²) in [5, 5.41) is 3.95. The third-order valence-electron chi connectivity index (χ3n) is 7.68. The van der Waals surface area contributed by atoms with Gasteiger partial charge < -0.3 is 24.8 Å². The Hall–Kier alpha value is -4.21. The summed E-state index contributed by atoms with van der Waals surface area (Å²) in [6.07, 6.45) is 0.590. The summed E-state index contributed by atoms with van der Waals surface area (Å²) in [4.78, 5) is 38.4. The second-order valence-corrected chi connectivity index (χ2v) is 11.6. The minimum absolute atomic E-state index is 0.0931. The second kappa shape index (κ2) is 13.2. The van der Waals surface area contributed by atoms with Crippen LogP contribution in [-0.4, -0.2) is 74.2 Å². The molecule has 216 valence electrons. The molecule has 2 saturated heterocycles. The highest BCUT2D eigenvalue weighted by Crippen LogP contribution is 2.34. The van der Waals surface area contributed by atoms with Crippen molar-refractivity contribution in [2.24, 2.45) is 0 Å². The normalized spacial score (nSPS) is 15.5. The van der Waals surface area contributed by atoms with Gasteiger partial charge in [-0.15, -0.1) is 11.3 Å². The number of thiazole rings is 1. The highest BCUT2D eigenvalue weighted by molar-refractivity contribution is 7.16. The van der Waals surface area contributed by atoms with Crippen LogP contribution in [0.5, 0.6) is 0 Å². The van der Waals surface area contributed by atoms with Crippen LogP contribution in [-0.2, 0) is 27.2 Å². The molecule has 4 aromatic rings. The molecule has 0 spiro atoms. The van der Waals surface area contributed by atoms with E-state index in [1.54, 1.807) is 11.3 Å². The van der Waals surface area contributed by atoms with E-state index < -0.39 is 0 Å². The zero-order chi connectivity index (χ0) is 28.7. The number of carbonyl (C=O) groups is 2. The number of piperazine rings is 1. The summed E-state index contributed by atoms with van der Waals surface area (Å²) in [7, 11) is 0. The SMILES string of the molecule is O=C(Cc1sc(N2CCOCC2)nc1-c1ccccc1)Nc1ccc(CC(=O)N2CCN(c3ccccc3)CC2)cc1. The number of hydrogen-bond acceptors (Lipinski definition) is 7. The van der Waals surface area contributed by atoms with Gasteiger partial charge in [-0.3, -0.25) is 9.59 Å². The van der Waals surface area contributed by atoms with Crippen LogP contribution in [0, 0.1) is 0 Å². The first-order chi connectivity index (χ1) is 20.6. The van der Waals surface area contributed by atoms with E-state index in [4.69, 9.17) is 9.72 Å². The Balaban J connectivity index is 1.04. The molecule has 2 amide bonds. The lowest BCUT2D eigenvalue weighted by Gasteiger charge is -2.36. The van der Waals surface area contributed by atoms with Crippen molar-refractivity contribution in [2.75, 3.05) is 67.6 Å². The molecular formula is C33H35N5O3S. The molecule has 42 heavy (non-hydrogen) atoms. The molecule has 6 rings (SSSR count). The summed E-state index contributed by atoms with van der Waals surface area (Å²) < 4.78 is 5.50. The smallest absolute Gasteiger partial charge is 0.229 e. The van der Waals surface area contributed by atoms with Crippen LogP contribution in [0.25, 0.3) is 11.3 Å². The van der Waals surface area contributed by atoms with Gasteiger partial charge in [-0.2, -0.15) is 0 Å². The molecule has 0 radical (unpaired) electrons. The average molecular weight is 582 g/mol. The topological polar surface area (TPSA) is 78.0 Å². The van der Waals surface area contributed by atoms with Crippen LogP contribution in [0.1, 0.15) is 10.4 Å². The Morgan fingerprint density at radius 2 is 1.43 bits per heavy atom. The van der Waals surface area contributed by atoms with Crippen LogP contribution >= 0.6 is 11.3 Å². The Bertz CT molecular complexity index is 1480. The first kappa shape index (κ1) is 27.9. The monoisotopic (exact) mass is 581 g/mol. The number of morpholine rings is 1. The van der Waals surface area contributed by atoms with Gasteiger partial charge in [0.1, 0.15) is 0 Å². The quantitative estimate of drug-likeness (QED) is 0.325. The summed E-state index contributed by atoms with van der Waals surface area (Å²) in [6.45, 7) is 6.07. The summed E-state index contributed by atoms with van der Waals surface area (Å²) in [6, 6.07) is 27.9. The number of para-hydroxylation sites is 1.